The van der Waals surface area contributed by atoms with Gasteiger partial charge in [0.15, 0.2) is 0 Å². The van der Waals surface area contributed by atoms with Gasteiger partial charge in [0.2, 0.25) is 0 Å². The van der Waals surface area contributed by atoms with Crippen LogP contribution in [0, 0.1) is 0 Å². The lowest BCUT2D eigenvalue weighted by Crippen LogP contribution is -2.30. The Hall–Kier alpha value is -3.32. The molecule has 3 aromatic rings. The van der Waals surface area contributed by atoms with Gasteiger partial charge in [0, 0.05) is 29.8 Å². The van der Waals surface area contributed by atoms with Crippen LogP contribution in [-0.4, -0.2) is 34.7 Å². The van der Waals surface area contributed by atoms with Crippen LogP contribution in [0.3, 0.4) is 0 Å². The lowest BCUT2D eigenvalue weighted by molar-refractivity contribution is -0.117. The molecule has 2 heterocycles. The van der Waals surface area contributed by atoms with Crippen molar-refractivity contribution < 1.29 is 9.53 Å². The number of fused-ring (bicyclic) bond motifs is 1. The SMILES string of the molecule is NC=C(C=NCc1cn2cc(C3CC3)ccc2n1)C(=O)NCCOc1cccc(Cl)c1. The Morgan fingerprint density at radius 2 is 2.19 bits per heavy atom. The van der Waals surface area contributed by atoms with Crippen molar-refractivity contribution in [2.24, 2.45) is 10.7 Å². The summed E-state index contributed by atoms with van der Waals surface area (Å²) < 4.78 is 7.58. The number of benzene rings is 1. The highest BCUT2D eigenvalue weighted by Crippen LogP contribution is 2.39. The van der Waals surface area contributed by atoms with E-state index in [4.69, 9.17) is 22.1 Å². The highest BCUT2D eigenvalue weighted by Gasteiger charge is 2.23. The number of nitrogens with one attached hydrogen (secondary N) is 1. The van der Waals surface area contributed by atoms with Crippen molar-refractivity contribution >= 4 is 29.4 Å². The van der Waals surface area contributed by atoms with Crippen molar-refractivity contribution in [3.8, 4) is 5.75 Å². The molecule has 1 aliphatic rings. The van der Waals surface area contributed by atoms with Gasteiger partial charge in [-0.15, -0.1) is 0 Å². The number of carbonyl (C=O) groups is 1. The molecule has 7 nitrogen and oxygen atoms in total. The molecule has 4 rings (SSSR count). The minimum absolute atomic E-state index is 0.280. The number of ether oxygens (including phenoxy) is 1. The van der Waals surface area contributed by atoms with E-state index >= 15 is 0 Å². The predicted molar refractivity (Wildman–Crippen MR) is 122 cm³/mol. The zero-order chi connectivity index (χ0) is 21.6. The van der Waals surface area contributed by atoms with E-state index in [2.05, 4.69) is 27.6 Å². The number of nitrogens with two attached hydrogens (primary N) is 1. The van der Waals surface area contributed by atoms with Crippen LogP contribution in [0.15, 0.2) is 65.6 Å². The van der Waals surface area contributed by atoms with Gasteiger partial charge < -0.3 is 20.2 Å². The molecule has 1 saturated carbocycles. The Balaban J connectivity index is 1.26. The van der Waals surface area contributed by atoms with Crippen LogP contribution < -0.4 is 15.8 Å². The molecule has 0 atom stereocenters. The molecule has 1 amide bonds. The van der Waals surface area contributed by atoms with Gasteiger partial charge in [-0.05, 0) is 48.6 Å². The molecule has 160 valence electrons. The number of rotatable bonds is 9. The van der Waals surface area contributed by atoms with Gasteiger partial charge in [-0.3, -0.25) is 9.79 Å². The second kappa shape index (κ2) is 9.66. The van der Waals surface area contributed by atoms with E-state index in [1.807, 2.05) is 16.7 Å². The Morgan fingerprint density at radius 3 is 2.97 bits per heavy atom. The predicted octanol–water partition coefficient (Wildman–Crippen LogP) is 3.47. The van der Waals surface area contributed by atoms with E-state index in [0.717, 1.165) is 11.3 Å². The van der Waals surface area contributed by atoms with Gasteiger partial charge in [-0.25, -0.2) is 4.98 Å². The molecular formula is C23H24ClN5O2. The third-order valence-electron chi connectivity index (χ3n) is 4.95. The largest absolute Gasteiger partial charge is 0.492 e. The molecule has 0 spiro atoms. The fourth-order valence-electron chi connectivity index (χ4n) is 3.20. The number of pyridine rings is 1. The number of imidazole rings is 1. The van der Waals surface area contributed by atoms with Crippen LogP contribution >= 0.6 is 11.6 Å². The number of amides is 1. The summed E-state index contributed by atoms with van der Waals surface area (Å²) in [6.45, 7) is 1.00. The fourth-order valence-corrected chi connectivity index (χ4v) is 3.38. The van der Waals surface area contributed by atoms with Gasteiger partial charge in [-0.1, -0.05) is 23.7 Å². The number of hydrogen-bond acceptors (Lipinski definition) is 5. The zero-order valence-corrected chi connectivity index (χ0v) is 17.8. The Bertz CT molecular complexity index is 1130. The first-order valence-electron chi connectivity index (χ1n) is 10.2. The summed E-state index contributed by atoms with van der Waals surface area (Å²) in [5.41, 5.74) is 8.95. The van der Waals surface area contributed by atoms with E-state index < -0.39 is 0 Å². The number of nitrogens with zero attached hydrogens (tertiary/aromatic N) is 3. The van der Waals surface area contributed by atoms with Crippen molar-refractivity contribution in [3.05, 3.63) is 76.8 Å². The summed E-state index contributed by atoms with van der Waals surface area (Å²) in [5, 5.41) is 3.35. The van der Waals surface area contributed by atoms with E-state index in [-0.39, 0.29) is 11.5 Å². The van der Waals surface area contributed by atoms with E-state index in [1.54, 1.807) is 24.3 Å². The third kappa shape index (κ3) is 5.64. The number of aromatic nitrogens is 2. The number of halogens is 1. The van der Waals surface area contributed by atoms with Crippen molar-refractivity contribution in [2.45, 2.75) is 25.3 Å². The van der Waals surface area contributed by atoms with Crippen LogP contribution in [0.1, 0.15) is 30.0 Å². The van der Waals surface area contributed by atoms with Crippen LogP contribution in [-0.2, 0) is 11.3 Å². The highest BCUT2D eigenvalue weighted by atomic mass is 35.5. The van der Waals surface area contributed by atoms with E-state index in [1.165, 1.54) is 30.8 Å². The molecule has 1 aliphatic carbocycles. The second-order valence-electron chi connectivity index (χ2n) is 7.39. The van der Waals surface area contributed by atoms with Crippen molar-refractivity contribution in [3.63, 3.8) is 0 Å². The standard InChI is InChI=1S/C23H24ClN5O2/c24-19-2-1-3-21(10-19)31-9-8-27-23(30)18(11-25)12-26-13-20-15-29-14-17(16-4-5-16)6-7-22(29)28-20/h1-3,6-7,10-12,14-16H,4-5,8-9,13,25H2,(H,27,30). The smallest absolute Gasteiger partial charge is 0.254 e. The molecule has 0 bridgehead atoms. The van der Waals surface area contributed by atoms with Crippen LogP contribution in [0.25, 0.3) is 5.65 Å². The minimum Gasteiger partial charge on any atom is -0.492 e. The van der Waals surface area contributed by atoms with Crippen molar-refractivity contribution in [1.82, 2.24) is 14.7 Å². The summed E-state index contributed by atoms with van der Waals surface area (Å²) in [6, 6.07) is 11.3. The monoisotopic (exact) mass is 437 g/mol. The minimum atomic E-state index is -0.315. The molecule has 8 heteroatoms. The van der Waals surface area contributed by atoms with E-state index in [0.29, 0.717) is 36.4 Å². The molecule has 0 unspecified atom stereocenters. The lowest BCUT2D eigenvalue weighted by Gasteiger charge is -2.08. The molecule has 1 fully saturated rings. The number of aliphatic imine (C=N–C) groups is 1. The molecule has 1 aromatic carbocycles. The Labute approximate surface area is 185 Å². The fraction of sp³-hybridized carbons (Fsp3) is 0.261. The maximum absolute atomic E-state index is 12.3. The first kappa shape index (κ1) is 20.9. The number of hydrogen-bond donors (Lipinski definition) is 2. The van der Waals surface area contributed by atoms with Gasteiger partial charge in [0.25, 0.3) is 5.91 Å². The molecular weight excluding hydrogens is 414 g/mol. The average Bonchev–Trinajstić information content (AvgIpc) is 3.53. The maximum atomic E-state index is 12.3. The first-order valence-corrected chi connectivity index (χ1v) is 10.6. The molecule has 3 N–H and O–H groups in total. The van der Waals surface area contributed by atoms with Crippen molar-refractivity contribution in [1.29, 1.82) is 0 Å². The Morgan fingerprint density at radius 1 is 1.32 bits per heavy atom. The number of carbonyl (C=O) groups excluding carboxylic acids is 1. The van der Waals surface area contributed by atoms with Gasteiger partial charge >= 0.3 is 0 Å². The van der Waals surface area contributed by atoms with Crippen LogP contribution in [0.5, 0.6) is 5.75 Å². The normalized spacial score (nSPS) is 14.3. The van der Waals surface area contributed by atoms with Crippen molar-refractivity contribution in [2.75, 3.05) is 13.2 Å². The molecule has 0 radical (unpaired) electrons. The summed E-state index contributed by atoms with van der Waals surface area (Å²) in [5.74, 6) is 1.03. The highest BCUT2D eigenvalue weighted by molar-refractivity contribution is 6.30. The summed E-state index contributed by atoms with van der Waals surface area (Å²) in [6.07, 6.45) is 9.34. The summed E-state index contributed by atoms with van der Waals surface area (Å²) in [7, 11) is 0. The van der Waals surface area contributed by atoms with Crippen LogP contribution in [0.2, 0.25) is 5.02 Å². The van der Waals surface area contributed by atoms with E-state index in [9.17, 15) is 4.79 Å². The zero-order valence-electron chi connectivity index (χ0n) is 17.0. The average molecular weight is 438 g/mol. The maximum Gasteiger partial charge on any atom is 0.254 e. The Kier molecular flexibility index (Phi) is 6.52. The third-order valence-corrected chi connectivity index (χ3v) is 5.19. The summed E-state index contributed by atoms with van der Waals surface area (Å²) in [4.78, 5) is 21.2. The lowest BCUT2D eigenvalue weighted by atomic mass is 10.2. The first-order chi connectivity index (χ1) is 15.1. The van der Waals surface area contributed by atoms with Gasteiger partial charge in [0.05, 0.1) is 24.4 Å². The van der Waals surface area contributed by atoms with Crippen LogP contribution in [0.4, 0.5) is 0 Å². The molecule has 0 saturated heterocycles. The topological polar surface area (TPSA) is 94.0 Å². The molecule has 0 aliphatic heterocycles. The summed E-state index contributed by atoms with van der Waals surface area (Å²) >= 11 is 5.91. The molecule has 2 aromatic heterocycles. The second-order valence-corrected chi connectivity index (χ2v) is 7.82. The molecule has 31 heavy (non-hydrogen) atoms. The van der Waals surface area contributed by atoms with Gasteiger partial charge in [-0.2, -0.15) is 0 Å². The quantitative estimate of drug-likeness (QED) is 0.304. The van der Waals surface area contributed by atoms with Gasteiger partial charge in [0.1, 0.15) is 18.0 Å².